The molecule has 2 nitrogen and oxygen atoms in total. The summed E-state index contributed by atoms with van der Waals surface area (Å²) >= 11 is 0. The molecule has 1 heterocycles. The second-order valence-electron chi connectivity index (χ2n) is 4.29. The molecule has 0 aromatic carbocycles. The first-order valence-electron chi connectivity index (χ1n) is 4.87. The van der Waals surface area contributed by atoms with E-state index >= 15 is 0 Å². The summed E-state index contributed by atoms with van der Waals surface area (Å²) in [5, 5.41) is 8.82. The number of hydrogen-bond acceptors (Lipinski definition) is 2. The van der Waals surface area contributed by atoms with E-state index in [0.717, 1.165) is 19.6 Å². The fourth-order valence-electron chi connectivity index (χ4n) is 1.72. The van der Waals surface area contributed by atoms with Crippen molar-refractivity contribution in [2.75, 3.05) is 26.2 Å². The second-order valence-corrected chi connectivity index (χ2v) is 4.29. The fourth-order valence-corrected chi connectivity index (χ4v) is 1.72. The standard InChI is InChI=1S/C10H19FNO/c1-9(2)7-12-5-3-10(11,8-13)4-6-12/h13H,3-8H2,1-2H3. The van der Waals surface area contributed by atoms with Crippen molar-refractivity contribution in [2.45, 2.75) is 32.4 Å². The minimum absolute atomic E-state index is 0.324. The van der Waals surface area contributed by atoms with E-state index in [-0.39, 0.29) is 6.61 Å². The maximum Gasteiger partial charge on any atom is 0.136 e. The smallest absolute Gasteiger partial charge is 0.136 e. The largest absolute Gasteiger partial charge is 0.393 e. The molecule has 1 aliphatic rings. The lowest BCUT2D eigenvalue weighted by molar-refractivity contribution is 0.0100. The van der Waals surface area contributed by atoms with Gasteiger partial charge in [0.15, 0.2) is 0 Å². The van der Waals surface area contributed by atoms with Crippen molar-refractivity contribution in [1.82, 2.24) is 4.90 Å². The van der Waals surface area contributed by atoms with Crippen LogP contribution in [-0.2, 0) is 0 Å². The van der Waals surface area contributed by atoms with Gasteiger partial charge in [0.05, 0.1) is 6.61 Å². The van der Waals surface area contributed by atoms with Crippen LogP contribution in [0.3, 0.4) is 0 Å². The Bertz CT molecular complexity index is 153. The van der Waals surface area contributed by atoms with Gasteiger partial charge in [-0.1, -0.05) is 13.8 Å². The summed E-state index contributed by atoms with van der Waals surface area (Å²) in [4.78, 5) is 2.24. The van der Waals surface area contributed by atoms with Crippen molar-refractivity contribution in [3.05, 3.63) is 5.92 Å². The Morgan fingerprint density at radius 3 is 2.31 bits per heavy atom. The van der Waals surface area contributed by atoms with E-state index in [1.807, 2.05) is 0 Å². The highest BCUT2D eigenvalue weighted by atomic mass is 19.1. The number of likely N-dealkylation sites (tertiary alicyclic amines) is 1. The van der Waals surface area contributed by atoms with E-state index in [2.05, 4.69) is 18.7 Å². The van der Waals surface area contributed by atoms with Crippen molar-refractivity contribution in [3.8, 4) is 0 Å². The summed E-state index contributed by atoms with van der Waals surface area (Å²) in [6, 6.07) is 0. The number of aliphatic hydroxyl groups is 1. The lowest BCUT2D eigenvalue weighted by Gasteiger charge is -2.35. The maximum atomic E-state index is 13.5. The molecule has 0 aromatic heterocycles. The number of alkyl halides is 1. The minimum atomic E-state index is -1.31. The molecule has 0 aliphatic carbocycles. The number of rotatable bonds is 3. The lowest BCUT2D eigenvalue weighted by atomic mass is 9.94. The summed E-state index contributed by atoms with van der Waals surface area (Å²) in [6.07, 6.45) is 0.938. The zero-order chi connectivity index (χ0) is 9.90. The Kier molecular flexibility index (Phi) is 3.68. The molecule has 1 fully saturated rings. The van der Waals surface area contributed by atoms with Gasteiger partial charge < -0.3 is 10.0 Å². The first-order chi connectivity index (χ1) is 6.06. The molecule has 1 saturated heterocycles. The van der Waals surface area contributed by atoms with Crippen LogP contribution in [-0.4, -0.2) is 41.9 Å². The zero-order valence-corrected chi connectivity index (χ0v) is 8.52. The highest BCUT2D eigenvalue weighted by Crippen LogP contribution is 2.26. The number of piperidine rings is 1. The van der Waals surface area contributed by atoms with Crippen molar-refractivity contribution < 1.29 is 9.50 Å². The number of hydrogen-bond donors (Lipinski definition) is 1. The van der Waals surface area contributed by atoms with E-state index in [0.29, 0.717) is 12.8 Å². The van der Waals surface area contributed by atoms with Crippen LogP contribution in [0.2, 0.25) is 0 Å². The molecule has 1 aliphatic heterocycles. The summed E-state index contributed by atoms with van der Waals surface area (Å²) in [7, 11) is 0. The molecule has 0 aromatic rings. The summed E-state index contributed by atoms with van der Waals surface area (Å²) < 4.78 is 13.5. The van der Waals surface area contributed by atoms with Crippen molar-refractivity contribution in [3.63, 3.8) is 0 Å². The van der Waals surface area contributed by atoms with Gasteiger partial charge in [0.2, 0.25) is 0 Å². The van der Waals surface area contributed by atoms with Gasteiger partial charge in [0.25, 0.3) is 0 Å². The fraction of sp³-hybridized carbons (Fsp3) is 0.900. The van der Waals surface area contributed by atoms with Crippen LogP contribution < -0.4 is 0 Å². The molecule has 0 saturated carbocycles. The van der Waals surface area contributed by atoms with E-state index in [9.17, 15) is 4.39 Å². The molecular weight excluding hydrogens is 169 g/mol. The first kappa shape index (κ1) is 10.9. The van der Waals surface area contributed by atoms with E-state index < -0.39 is 5.67 Å². The Balaban J connectivity index is 2.30. The monoisotopic (exact) mass is 188 g/mol. The molecule has 0 spiro atoms. The Morgan fingerprint density at radius 1 is 1.38 bits per heavy atom. The predicted octanol–water partition coefficient (Wildman–Crippen LogP) is 1.40. The molecule has 0 bridgehead atoms. The van der Waals surface area contributed by atoms with Gasteiger partial charge in [0.1, 0.15) is 5.67 Å². The zero-order valence-electron chi connectivity index (χ0n) is 8.52. The third kappa shape index (κ3) is 3.24. The van der Waals surface area contributed by atoms with Crippen molar-refractivity contribution in [2.24, 2.45) is 0 Å². The first-order valence-corrected chi connectivity index (χ1v) is 4.87. The molecule has 3 heteroatoms. The lowest BCUT2D eigenvalue weighted by Crippen LogP contribution is -2.44. The maximum absolute atomic E-state index is 13.5. The normalized spacial score (nSPS) is 23.8. The Morgan fingerprint density at radius 2 is 1.92 bits per heavy atom. The average Bonchev–Trinajstić information content (AvgIpc) is 2.09. The SMILES string of the molecule is C[C](C)CN1CCC(F)(CO)CC1. The van der Waals surface area contributed by atoms with Gasteiger partial charge in [-0.05, 0) is 18.8 Å². The molecule has 0 atom stereocenters. The van der Waals surface area contributed by atoms with Gasteiger partial charge in [0, 0.05) is 19.6 Å². The molecular formula is C10H19FNO. The summed E-state index contributed by atoms with van der Waals surface area (Å²) in [6.45, 7) is 6.34. The third-order valence-electron chi connectivity index (χ3n) is 2.58. The van der Waals surface area contributed by atoms with Crippen LogP contribution in [0, 0.1) is 5.92 Å². The average molecular weight is 188 g/mol. The van der Waals surface area contributed by atoms with Gasteiger partial charge in [-0.2, -0.15) is 0 Å². The topological polar surface area (TPSA) is 23.5 Å². The van der Waals surface area contributed by atoms with Gasteiger partial charge in [-0.3, -0.25) is 0 Å². The van der Waals surface area contributed by atoms with Crippen LogP contribution in [0.15, 0.2) is 0 Å². The van der Waals surface area contributed by atoms with E-state index in [1.54, 1.807) is 0 Å². The van der Waals surface area contributed by atoms with Crippen molar-refractivity contribution >= 4 is 0 Å². The van der Waals surface area contributed by atoms with E-state index in [4.69, 9.17) is 5.11 Å². The molecule has 0 amide bonds. The van der Waals surface area contributed by atoms with Crippen LogP contribution in [0.1, 0.15) is 26.7 Å². The molecule has 0 unspecified atom stereocenters. The Labute approximate surface area is 79.7 Å². The van der Waals surface area contributed by atoms with E-state index in [1.165, 1.54) is 5.92 Å². The highest BCUT2D eigenvalue weighted by molar-refractivity contribution is 4.89. The van der Waals surface area contributed by atoms with Crippen LogP contribution in [0.5, 0.6) is 0 Å². The summed E-state index contributed by atoms with van der Waals surface area (Å²) in [5.41, 5.74) is -1.31. The summed E-state index contributed by atoms with van der Waals surface area (Å²) in [5.74, 6) is 1.36. The van der Waals surface area contributed by atoms with Gasteiger partial charge in [-0.25, -0.2) is 4.39 Å². The second kappa shape index (κ2) is 4.38. The molecule has 13 heavy (non-hydrogen) atoms. The number of halogens is 1. The van der Waals surface area contributed by atoms with Crippen LogP contribution >= 0.6 is 0 Å². The van der Waals surface area contributed by atoms with Gasteiger partial charge in [-0.15, -0.1) is 0 Å². The van der Waals surface area contributed by atoms with Gasteiger partial charge >= 0.3 is 0 Å². The predicted molar refractivity (Wildman–Crippen MR) is 51.2 cm³/mol. The third-order valence-corrected chi connectivity index (χ3v) is 2.58. The number of nitrogens with zero attached hydrogens (tertiary/aromatic N) is 1. The molecule has 1 N–H and O–H groups in total. The minimum Gasteiger partial charge on any atom is -0.393 e. The molecule has 1 rings (SSSR count). The van der Waals surface area contributed by atoms with Crippen LogP contribution in [0.4, 0.5) is 4.39 Å². The molecule has 1 radical (unpaired) electrons. The van der Waals surface area contributed by atoms with Crippen molar-refractivity contribution in [1.29, 1.82) is 0 Å². The van der Waals surface area contributed by atoms with Crippen LogP contribution in [0.25, 0.3) is 0 Å². The quantitative estimate of drug-likeness (QED) is 0.723. The molecule has 77 valence electrons. The Hall–Kier alpha value is -0.150. The number of aliphatic hydroxyl groups excluding tert-OH is 1. The highest BCUT2D eigenvalue weighted by Gasteiger charge is 2.33.